The Morgan fingerprint density at radius 3 is 1.59 bits per heavy atom. The lowest BCUT2D eigenvalue weighted by atomic mass is 9.86. The van der Waals surface area contributed by atoms with Crippen molar-refractivity contribution in [2.24, 2.45) is 0 Å². The van der Waals surface area contributed by atoms with Crippen LogP contribution in [0.1, 0.15) is 19.3 Å². The van der Waals surface area contributed by atoms with Crippen LogP contribution in [0.5, 0.6) is 0 Å². The van der Waals surface area contributed by atoms with E-state index in [1.807, 2.05) is 91.0 Å². The molecule has 6 rings (SSSR count). The van der Waals surface area contributed by atoms with Crippen LogP contribution >= 0.6 is 7.14 Å². The summed E-state index contributed by atoms with van der Waals surface area (Å²) >= 11 is 0. The van der Waals surface area contributed by atoms with Crippen molar-refractivity contribution < 1.29 is 24.1 Å². The van der Waals surface area contributed by atoms with Gasteiger partial charge in [-0.2, -0.15) is 0 Å². The topological polar surface area (TPSA) is 101 Å². The minimum Gasteiger partial charge on any atom is -0.480 e. The molecule has 4 aromatic rings. The average Bonchev–Trinajstić information content (AvgIpc) is 3.05. The fourth-order valence-electron chi connectivity index (χ4n) is 6.62. The standard InChI is InChI=1S/C36H37N4O5P/c1-46(2,45)31-23-21-29(22-24-31)39(28-17-10-5-11-18-28)36(44)40-30-19-12-20-32(40)33(34(41)42)37(25-30)35(43)38(26-13-6-3-7-14-26)27-15-8-4-9-16-27/h3-11,13-18,21-24,30,32-33H,12,19-20,25H2,1-2H3,(H,41,42)/t30-,32+,33-/m0/s1. The first kappa shape index (κ1) is 31.1. The number of carboxylic acid groups (broad SMARTS) is 1. The van der Waals surface area contributed by atoms with Crippen molar-refractivity contribution in [3.8, 4) is 0 Å². The number of piperidine rings is 1. The molecule has 2 aliphatic heterocycles. The van der Waals surface area contributed by atoms with Crippen LogP contribution in [-0.2, 0) is 9.36 Å². The van der Waals surface area contributed by atoms with E-state index in [4.69, 9.17) is 0 Å². The Labute approximate surface area is 269 Å². The Kier molecular flexibility index (Phi) is 8.69. The van der Waals surface area contributed by atoms with Crippen molar-refractivity contribution in [3.63, 3.8) is 0 Å². The Balaban J connectivity index is 1.38. The molecule has 3 atom stereocenters. The smallest absolute Gasteiger partial charge is 0.329 e. The molecule has 1 N–H and O–H groups in total. The molecule has 10 heteroatoms. The highest BCUT2D eigenvalue weighted by atomic mass is 31.2. The number of hydrogen-bond acceptors (Lipinski definition) is 4. The third-order valence-electron chi connectivity index (χ3n) is 8.77. The van der Waals surface area contributed by atoms with E-state index in [1.54, 1.807) is 52.3 Å². The fourth-order valence-corrected chi connectivity index (χ4v) is 7.48. The summed E-state index contributed by atoms with van der Waals surface area (Å²) < 4.78 is 12.7. The normalized spacial score (nSPS) is 19.3. The molecule has 4 amide bonds. The largest absolute Gasteiger partial charge is 0.480 e. The molecule has 2 bridgehead atoms. The lowest BCUT2D eigenvalue weighted by Gasteiger charge is -2.54. The summed E-state index contributed by atoms with van der Waals surface area (Å²) in [6.45, 7) is 3.48. The molecule has 0 aromatic heterocycles. The second kappa shape index (κ2) is 12.9. The number of carboxylic acids is 1. The Hall–Kier alpha value is -4.88. The molecule has 0 radical (unpaired) electrons. The van der Waals surface area contributed by atoms with Crippen LogP contribution in [0.25, 0.3) is 0 Å². The maximum atomic E-state index is 14.7. The zero-order valence-electron chi connectivity index (χ0n) is 25.8. The minimum absolute atomic E-state index is 0.0740. The number of fused-ring (bicyclic) bond motifs is 2. The molecule has 2 heterocycles. The van der Waals surface area contributed by atoms with Crippen molar-refractivity contribution in [2.45, 2.75) is 37.4 Å². The summed E-state index contributed by atoms with van der Waals surface area (Å²) in [5, 5.41) is 11.4. The third-order valence-corrected chi connectivity index (χ3v) is 10.3. The molecule has 0 unspecified atom stereocenters. The van der Waals surface area contributed by atoms with E-state index in [0.717, 1.165) is 6.42 Å². The van der Waals surface area contributed by atoms with E-state index in [-0.39, 0.29) is 12.6 Å². The molecule has 2 aliphatic rings. The molecule has 9 nitrogen and oxygen atoms in total. The quantitative estimate of drug-likeness (QED) is 0.227. The van der Waals surface area contributed by atoms with Gasteiger partial charge in [-0.05, 0) is 93.3 Å². The predicted octanol–water partition coefficient (Wildman–Crippen LogP) is 7.14. The summed E-state index contributed by atoms with van der Waals surface area (Å²) in [6, 6.07) is 31.5. The molecule has 0 spiro atoms. The number of carbonyl (C=O) groups excluding carboxylic acids is 2. The van der Waals surface area contributed by atoms with Gasteiger partial charge in [0.1, 0.15) is 7.14 Å². The zero-order chi connectivity index (χ0) is 32.4. The number of carbonyl (C=O) groups is 3. The number of nitrogens with zero attached hydrogens (tertiary/aromatic N) is 4. The molecule has 236 valence electrons. The Morgan fingerprint density at radius 1 is 0.674 bits per heavy atom. The molecule has 0 saturated carbocycles. The van der Waals surface area contributed by atoms with E-state index in [0.29, 0.717) is 40.9 Å². The van der Waals surface area contributed by atoms with Crippen molar-refractivity contribution in [3.05, 3.63) is 115 Å². The van der Waals surface area contributed by atoms with Crippen molar-refractivity contribution >= 4 is 53.2 Å². The number of benzene rings is 4. The van der Waals surface area contributed by atoms with Crippen LogP contribution in [0, 0.1) is 0 Å². The molecule has 2 fully saturated rings. The van der Waals surface area contributed by atoms with Crippen LogP contribution in [0.2, 0.25) is 0 Å². The Bertz CT molecular complexity index is 1710. The lowest BCUT2D eigenvalue weighted by molar-refractivity contribution is -0.148. The zero-order valence-corrected chi connectivity index (χ0v) is 26.7. The van der Waals surface area contributed by atoms with E-state index in [9.17, 15) is 24.1 Å². The summed E-state index contributed by atoms with van der Waals surface area (Å²) in [7, 11) is -2.51. The number of piperazine rings is 1. The van der Waals surface area contributed by atoms with Gasteiger partial charge in [-0.1, -0.05) is 54.6 Å². The first-order valence-corrected chi connectivity index (χ1v) is 18.0. The third kappa shape index (κ3) is 6.03. The van der Waals surface area contributed by atoms with E-state index >= 15 is 0 Å². The number of aliphatic carboxylic acids is 1. The van der Waals surface area contributed by atoms with Gasteiger partial charge < -0.3 is 19.5 Å². The van der Waals surface area contributed by atoms with Crippen LogP contribution in [0.15, 0.2) is 115 Å². The SMILES string of the molecule is CP(C)(=O)c1ccc(N(C(=O)N2[C@H]3CCC[C@@H]2[C@@H](C(=O)O)N(C(=O)N(c2ccccc2)c2ccccc2)C3)c2ccccc2)cc1. The van der Waals surface area contributed by atoms with Gasteiger partial charge in [0.15, 0.2) is 6.04 Å². The van der Waals surface area contributed by atoms with Gasteiger partial charge >= 0.3 is 18.0 Å². The Morgan fingerprint density at radius 2 is 1.13 bits per heavy atom. The number of para-hydroxylation sites is 3. The highest BCUT2D eigenvalue weighted by molar-refractivity contribution is 7.70. The lowest BCUT2D eigenvalue weighted by Crippen LogP contribution is -2.72. The maximum Gasteiger partial charge on any atom is 0.329 e. The molecular weight excluding hydrogens is 599 g/mol. The number of urea groups is 2. The van der Waals surface area contributed by atoms with E-state index in [1.165, 1.54) is 4.90 Å². The van der Waals surface area contributed by atoms with Crippen molar-refractivity contribution in [1.82, 2.24) is 9.80 Å². The average molecular weight is 637 g/mol. The van der Waals surface area contributed by atoms with Crippen LogP contribution in [0.3, 0.4) is 0 Å². The molecule has 2 saturated heterocycles. The number of anilines is 4. The van der Waals surface area contributed by atoms with E-state index in [2.05, 4.69) is 0 Å². The molecule has 46 heavy (non-hydrogen) atoms. The van der Waals surface area contributed by atoms with Crippen molar-refractivity contribution in [1.29, 1.82) is 0 Å². The summed E-state index contributed by atoms with van der Waals surface area (Å²) in [6.07, 6.45) is 1.82. The monoisotopic (exact) mass is 636 g/mol. The first-order chi connectivity index (χ1) is 22.1. The van der Waals surface area contributed by atoms with Gasteiger partial charge in [0, 0.05) is 11.8 Å². The number of amides is 4. The van der Waals surface area contributed by atoms with Gasteiger partial charge in [-0.15, -0.1) is 0 Å². The summed E-state index contributed by atoms with van der Waals surface area (Å²) in [5.74, 6) is -1.16. The van der Waals surface area contributed by atoms with Gasteiger partial charge in [-0.25, -0.2) is 14.4 Å². The second-order valence-electron chi connectivity index (χ2n) is 12.1. The second-order valence-corrected chi connectivity index (χ2v) is 15.3. The van der Waals surface area contributed by atoms with Crippen LogP contribution in [0.4, 0.5) is 32.3 Å². The fraction of sp³-hybridized carbons (Fsp3) is 0.250. The first-order valence-electron chi connectivity index (χ1n) is 15.4. The minimum atomic E-state index is -2.51. The van der Waals surface area contributed by atoms with Gasteiger partial charge in [-0.3, -0.25) is 9.80 Å². The molecule has 4 aromatic carbocycles. The molecular formula is C36H37N4O5P. The predicted molar refractivity (Wildman–Crippen MR) is 181 cm³/mol. The number of likely N-dealkylation sites (tertiary alicyclic amines) is 1. The van der Waals surface area contributed by atoms with Gasteiger partial charge in [0.25, 0.3) is 0 Å². The van der Waals surface area contributed by atoms with E-state index < -0.39 is 37.3 Å². The summed E-state index contributed by atoms with van der Waals surface area (Å²) in [4.78, 5) is 48.5. The van der Waals surface area contributed by atoms with Gasteiger partial charge in [0.2, 0.25) is 0 Å². The highest BCUT2D eigenvalue weighted by Crippen LogP contribution is 2.39. The highest BCUT2D eigenvalue weighted by Gasteiger charge is 2.52. The molecule has 0 aliphatic carbocycles. The number of hydrogen-bond donors (Lipinski definition) is 1. The summed E-state index contributed by atoms with van der Waals surface area (Å²) in [5.41, 5.74) is 2.44. The van der Waals surface area contributed by atoms with Crippen molar-refractivity contribution in [2.75, 3.05) is 29.7 Å². The number of rotatable bonds is 6. The van der Waals surface area contributed by atoms with Gasteiger partial charge in [0.05, 0.1) is 34.8 Å². The maximum absolute atomic E-state index is 14.7. The van der Waals surface area contributed by atoms with Crippen LogP contribution in [-0.4, -0.2) is 70.9 Å². The van der Waals surface area contributed by atoms with Crippen LogP contribution < -0.4 is 15.1 Å².